The maximum absolute atomic E-state index is 11.4. The number of amides is 1. The molecule has 0 unspecified atom stereocenters. The average Bonchev–Trinajstić information content (AvgIpc) is 2.45. The van der Waals surface area contributed by atoms with Gasteiger partial charge in [0, 0.05) is 19.0 Å². The second-order valence-electron chi connectivity index (χ2n) is 5.30. The summed E-state index contributed by atoms with van der Waals surface area (Å²) in [5.41, 5.74) is 0. The Morgan fingerprint density at radius 2 is 1.76 bits per heavy atom. The van der Waals surface area contributed by atoms with Crippen LogP contribution in [-0.4, -0.2) is 42.9 Å². The number of carboxylic acids is 1. The molecular formula is C15H30N2O4. The smallest absolute Gasteiger partial charge is 0.407 e. The van der Waals surface area contributed by atoms with Gasteiger partial charge in [0.15, 0.2) is 0 Å². The van der Waals surface area contributed by atoms with Gasteiger partial charge in [-0.05, 0) is 39.2 Å². The van der Waals surface area contributed by atoms with Crippen molar-refractivity contribution < 1.29 is 19.4 Å². The fraction of sp³-hybridized carbons (Fsp3) is 0.867. The van der Waals surface area contributed by atoms with Crippen molar-refractivity contribution in [2.24, 2.45) is 0 Å². The van der Waals surface area contributed by atoms with Gasteiger partial charge >= 0.3 is 12.1 Å². The SMILES string of the molecule is CCC.CNC1CCC(OC(=O)NCCCC(=O)O)CC1. The topological polar surface area (TPSA) is 87.7 Å². The predicted octanol–water partition coefficient (Wildman–Crippen LogP) is 2.52. The Morgan fingerprint density at radius 1 is 1.19 bits per heavy atom. The van der Waals surface area contributed by atoms with E-state index in [-0.39, 0.29) is 12.5 Å². The standard InChI is InChI=1S/C12H22N2O4.C3H8/c1-13-9-4-6-10(7-5-9)18-12(17)14-8-2-3-11(15)16;1-3-2/h9-10,13H,2-8H2,1H3,(H,14,17)(H,15,16);3H2,1-2H3. The Balaban J connectivity index is 0.00000122. The normalized spacial score (nSPS) is 20.9. The van der Waals surface area contributed by atoms with Crippen LogP contribution in [0.3, 0.4) is 0 Å². The Kier molecular flexibility index (Phi) is 11.7. The molecule has 124 valence electrons. The molecule has 1 amide bonds. The van der Waals surface area contributed by atoms with Gasteiger partial charge in [0.1, 0.15) is 6.10 Å². The molecular weight excluding hydrogens is 272 g/mol. The minimum Gasteiger partial charge on any atom is -0.481 e. The number of hydrogen-bond donors (Lipinski definition) is 3. The number of aliphatic carboxylic acids is 1. The molecule has 1 aliphatic rings. The molecule has 21 heavy (non-hydrogen) atoms. The average molecular weight is 302 g/mol. The minimum absolute atomic E-state index is 0.00549. The van der Waals surface area contributed by atoms with Gasteiger partial charge in [0.25, 0.3) is 0 Å². The lowest BCUT2D eigenvalue weighted by Gasteiger charge is -2.27. The van der Waals surface area contributed by atoms with Gasteiger partial charge in [-0.1, -0.05) is 20.3 Å². The van der Waals surface area contributed by atoms with Crippen LogP contribution in [0.1, 0.15) is 58.8 Å². The van der Waals surface area contributed by atoms with Crippen molar-refractivity contribution in [3.8, 4) is 0 Å². The molecule has 0 spiro atoms. The van der Waals surface area contributed by atoms with E-state index in [2.05, 4.69) is 24.5 Å². The van der Waals surface area contributed by atoms with Crippen LogP contribution in [0.2, 0.25) is 0 Å². The van der Waals surface area contributed by atoms with Crippen molar-refractivity contribution in [3.05, 3.63) is 0 Å². The molecule has 3 N–H and O–H groups in total. The third kappa shape index (κ3) is 11.1. The highest BCUT2D eigenvalue weighted by molar-refractivity contribution is 5.68. The fourth-order valence-corrected chi connectivity index (χ4v) is 2.09. The highest BCUT2D eigenvalue weighted by Crippen LogP contribution is 2.20. The van der Waals surface area contributed by atoms with Crippen LogP contribution in [0.5, 0.6) is 0 Å². The Hall–Kier alpha value is -1.30. The minimum atomic E-state index is -0.851. The molecule has 6 heteroatoms. The number of carboxylic acid groups (broad SMARTS) is 1. The highest BCUT2D eigenvalue weighted by atomic mass is 16.6. The van der Waals surface area contributed by atoms with E-state index in [0.717, 1.165) is 25.7 Å². The van der Waals surface area contributed by atoms with Crippen molar-refractivity contribution in [1.29, 1.82) is 0 Å². The van der Waals surface area contributed by atoms with Crippen molar-refractivity contribution in [2.75, 3.05) is 13.6 Å². The van der Waals surface area contributed by atoms with Crippen molar-refractivity contribution in [2.45, 2.75) is 70.9 Å². The van der Waals surface area contributed by atoms with E-state index in [1.54, 1.807) is 0 Å². The number of hydrogen-bond acceptors (Lipinski definition) is 4. The summed E-state index contributed by atoms with van der Waals surface area (Å²) >= 11 is 0. The maximum atomic E-state index is 11.4. The molecule has 0 radical (unpaired) electrons. The Bertz CT molecular complexity index is 289. The van der Waals surface area contributed by atoms with Crippen LogP contribution in [0.25, 0.3) is 0 Å². The molecule has 0 aromatic heterocycles. The molecule has 1 aliphatic carbocycles. The first kappa shape index (κ1) is 19.7. The van der Waals surface area contributed by atoms with Gasteiger partial charge in [-0.15, -0.1) is 0 Å². The number of nitrogens with one attached hydrogen (secondary N) is 2. The quantitative estimate of drug-likeness (QED) is 0.656. The second-order valence-corrected chi connectivity index (χ2v) is 5.30. The van der Waals surface area contributed by atoms with Gasteiger partial charge in [-0.3, -0.25) is 4.79 Å². The summed E-state index contributed by atoms with van der Waals surface area (Å²) < 4.78 is 5.27. The zero-order valence-electron chi connectivity index (χ0n) is 13.5. The predicted molar refractivity (Wildman–Crippen MR) is 82.4 cm³/mol. The number of rotatable bonds is 6. The van der Waals surface area contributed by atoms with E-state index < -0.39 is 12.1 Å². The number of carbonyl (C=O) groups is 2. The summed E-state index contributed by atoms with van der Waals surface area (Å²) in [4.78, 5) is 21.7. The summed E-state index contributed by atoms with van der Waals surface area (Å²) in [6.45, 7) is 4.59. The van der Waals surface area contributed by atoms with Crippen LogP contribution in [-0.2, 0) is 9.53 Å². The summed E-state index contributed by atoms with van der Waals surface area (Å²) in [7, 11) is 1.95. The first-order chi connectivity index (χ1) is 10.0. The first-order valence-electron chi connectivity index (χ1n) is 7.86. The lowest BCUT2D eigenvalue weighted by atomic mass is 9.93. The van der Waals surface area contributed by atoms with Gasteiger partial charge in [-0.25, -0.2) is 4.79 Å². The molecule has 1 saturated carbocycles. The molecule has 1 rings (SSSR count). The van der Waals surface area contributed by atoms with Crippen LogP contribution in [0.15, 0.2) is 0 Å². The molecule has 1 fully saturated rings. The first-order valence-corrected chi connectivity index (χ1v) is 7.86. The number of carbonyl (C=O) groups excluding carboxylic acids is 1. The third-order valence-corrected chi connectivity index (χ3v) is 3.19. The van der Waals surface area contributed by atoms with Crippen LogP contribution < -0.4 is 10.6 Å². The van der Waals surface area contributed by atoms with Crippen molar-refractivity contribution in [1.82, 2.24) is 10.6 Å². The molecule has 6 nitrogen and oxygen atoms in total. The van der Waals surface area contributed by atoms with E-state index in [4.69, 9.17) is 9.84 Å². The Morgan fingerprint density at radius 3 is 2.24 bits per heavy atom. The number of ether oxygens (including phenoxy) is 1. The summed E-state index contributed by atoms with van der Waals surface area (Å²) in [6.07, 6.45) is 5.11. The molecule has 0 bridgehead atoms. The van der Waals surface area contributed by atoms with E-state index in [1.807, 2.05) is 7.05 Å². The molecule has 0 atom stereocenters. The Labute approximate surface area is 127 Å². The van der Waals surface area contributed by atoms with Crippen LogP contribution in [0.4, 0.5) is 4.79 Å². The summed E-state index contributed by atoms with van der Waals surface area (Å²) in [5, 5.41) is 14.2. The lowest BCUT2D eigenvalue weighted by molar-refractivity contribution is -0.137. The molecule has 0 aromatic carbocycles. The number of alkyl carbamates (subject to hydrolysis) is 1. The fourth-order valence-electron chi connectivity index (χ4n) is 2.09. The van der Waals surface area contributed by atoms with Gasteiger partial charge < -0.3 is 20.5 Å². The monoisotopic (exact) mass is 302 g/mol. The maximum Gasteiger partial charge on any atom is 0.407 e. The molecule has 0 saturated heterocycles. The molecule has 0 aliphatic heterocycles. The largest absolute Gasteiger partial charge is 0.481 e. The molecule has 0 heterocycles. The summed E-state index contributed by atoms with van der Waals surface area (Å²) in [5.74, 6) is -0.851. The van der Waals surface area contributed by atoms with E-state index >= 15 is 0 Å². The van der Waals surface area contributed by atoms with E-state index in [1.165, 1.54) is 6.42 Å². The van der Waals surface area contributed by atoms with E-state index in [9.17, 15) is 9.59 Å². The van der Waals surface area contributed by atoms with E-state index in [0.29, 0.717) is 19.0 Å². The van der Waals surface area contributed by atoms with Crippen molar-refractivity contribution in [3.63, 3.8) is 0 Å². The zero-order valence-corrected chi connectivity index (χ0v) is 13.5. The summed E-state index contributed by atoms with van der Waals surface area (Å²) in [6, 6.07) is 0.531. The lowest BCUT2D eigenvalue weighted by Crippen LogP contribution is -2.36. The van der Waals surface area contributed by atoms with Crippen LogP contribution >= 0.6 is 0 Å². The molecule has 0 aromatic rings. The van der Waals surface area contributed by atoms with Crippen molar-refractivity contribution >= 4 is 12.1 Å². The van der Waals surface area contributed by atoms with Gasteiger partial charge in [0.05, 0.1) is 0 Å². The highest BCUT2D eigenvalue weighted by Gasteiger charge is 2.22. The third-order valence-electron chi connectivity index (χ3n) is 3.19. The zero-order chi connectivity index (χ0) is 16.1. The van der Waals surface area contributed by atoms with Gasteiger partial charge in [-0.2, -0.15) is 0 Å². The second kappa shape index (κ2) is 12.4. The van der Waals surface area contributed by atoms with Crippen LogP contribution in [0, 0.1) is 0 Å². The van der Waals surface area contributed by atoms with Gasteiger partial charge in [0.2, 0.25) is 0 Å².